The molecule has 2 fully saturated rings. The Bertz CT molecular complexity index is 1140. The van der Waals surface area contributed by atoms with Crippen molar-refractivity contribution < 1.29 is 33.4 Å². The van der Waals surface area contributed by atoms with E-state index < -0.39 is 35.3 Å². The molecular weight excluding hydrogens is 458 g/mol. The van der Waals surface area contributed by atoms with Gasteiger partial charge in [-0.15, -0.1) is 6.42 Å². The molecule has 3 amide bonds. The first-order valence-corrected chi connectivity index (χ1v) is 11.2. The van der Waals surface area contributed by atoms with Crippen LogP contribution in [-0.4, -0.2) is 83.9 Å². The number of Topliss-reactive ketones (excluding diaryl/α,β-unsaturated/α-hetero) is 2. The molecule has 0 radical (unpaired) electrons. The van der Waals surface area contributed by atoms with Crippen LogP contribution in [0.25, 0.3) is 0 Å². The molecule has 3 aliphatic heterocycles. The molecule has 12 nitrogen and oxygen atoms in total. The van der Waals surface area contributed by atoms with Crippen LogP contribution in [0.1, 0.15) is 26.2 Å². The molecule has 0 aromatic heterocycles. The van der Waals surface area contributed by atoms with Crippen molar-refractivity contribution in [3.63, 3.8) is 0 Å². The van der Waals surface area contributed by atoms with E-state index in [4.69, 9.17) is 27.4 Å². The number of primary amides is 1. The lowest BCUT2D eigenvalue weighted by Crippen LogP contribution is -2.56. The van der Waals surface area contributed by atoms with Crippen LogP contribution in [-0.2, 0) is 28.7 Å². The minimum atomic E-state index is -1.30. The van der Waals surface area contributed by atoms with Crippen molar-refractivity contribution in [2.45, 2.75) is 44.0 Å². The fourth-order valence-corrected chi connectivity index (χ4v) is 5.58. The minimum Gasteiger partial charge on any atom is -0.449 e. The number of nitrogens with two attached hydrogens (primary N) is 2. The van der Waals surface area contributed by atoms with Gasteiger partial charge in [0.05, 0.1) is 29.9 Å². The van der Waals surface area contributed by atoms with Gasteiger partial charge in [-0.1, -0.05) is 5.92 Å². The fraction of sp³-hybridized carbons (Fsp3) is 0.522. The number of piperazine rings is 1. The van der Waals surface area contributed by atoms with E-state index >= 15 is 0 Å². The Kier molecular flexibility index (Phi) is 6.06. The van der Waals surface area contributed by atoms with Crippen LogP contribution in [0.2, 0.25) is 0 Å². The van der Waals surface area contributed by atoms with Gasteiger partial charge < -0.3 is 36.1 Å². The Hall–Kier alpha value is -3.85. The van der Waals surface area contributed by atoms with Gasteiger partial charge in [0.2, 0.25) is 23.4 Å². The number of fused-ring (bicyclic) bond motifs is 4. The van der Waals surface area contributed by atoms with Crippen LogP contribution >= 0.6 is 0 Å². The van der Waals surface area contributed by atoms with Crippen molar-refractivity contribution in [1.82, 2.24) is 15.1 Å². The maximum Gasteiger partial charge on any atom is 0.404 e. The van der Waals surface area contributed by atoms with E-state index in [-0.39, 0.29) is 72.9 Å². The highest BCUT2D eigenvalue weighted by Gasteiger charge is 2.77. The predicted octanol–water partition coefficient (Wildman–Crippen LogP) is -1.49. The van der Waals surface area contributed by atoms with Gasteiger partial charge >= 0.3 is 6.09 Å². The number of methoxy groups -OCH3 is 1. The molecule has 4 aliphatic rings. The number of carbonyl (C=O) groups is 5. The lowest BCUT2D eigenvalue weighted by molar-refractivity contribution is -0.153. The Morgan fingerprint density at radius 2 is 1.97 bits per heavy atom. The zero-order chi connectivity index (χ0) is 25.7. The van der Waals surface area contributed by atoms with Crippen LogP contribution in [0.3, 0.4) is 0 Å². The summed E-state index contributed by atoms with van der Waals surface area (Å²) >= 11 is 0. The van der Waals surface area contributed by atoms with E-state index in [9.17, 15) is 24.0 Å². The first-order chi connectivity index (χ1) is 16.6. The van der Waals surface area contributed by atoms with E-state index in [1.807, 2.05) is 0 Å². The van der Waals surface area contributed by atoms with E-state index in [2.05, 4.69) is 11.2 Å². The zero-order valence-corrected chi connectivity index (χ0v) is 19.5. The lowest BCUT2D eigenvalue weighted by Gasteiger charge is -2.41. The summed E-state index contributed by atoms with van der Waals surface area (Å²) < 4.78 is 11.0. The molecule has 4 atom stereocenters. The Balaban J connectivity index is 1.57. The molecule has 0 aromatic rings. The molecule has 186 valence electrons. The molecule has 0 bridgehead atoms. The quantitative estimate of drug-likeness (QED) is 0.210. The number of nitrogens with one attached hydrogen (secondary N) is 1. The van der Waals surface area contributed by atoms with Gasteiger partial charge in [-0.2, -0.15) is 0 Å². The van der Waals surface area contributed by atoms with E-state index in [1.54, 1.807) is 9.80 Å². The topological polar surface area (TPSA) is 174 Å². The van der Waals surface area contributed by atoms with Crippen LogP contribution in [0.5, 0.6) is 0 Å². The molecule has 0 aromatic carbocycles. The number of nitrogens with zero attached hydrogens (tertiary/aromatic N) is 2. The number of allylic oxidation sites excluding steroid dienone is 2. The molecule has 0 unspecified atom stereocenters. The largest absolute Gasteiger partial charge is 0.449 e. The summed E-state index contributed by atoms with van der Waals surface area (Å²) in [5.41, 5.74) is 10.0. The summed E-state index contributed by atoms with van der Waals surface area (Å²) in [6.07, 6.45) is 4.67. The number of ketones is 2. The Labute approximate surface area is 201 Å². The number of ether oxygens (including phenoxy) is 2. The summed E-state index contributed by atoms with van der Waals surface area (Å²) in [5.74, 6) is 0.0554. The van der Waals surface area contributed by atoms with Crippen LogP contribution < -0.4 is 16.8 Å². The van der Waals surface area contributed by atoms with Gasteiger partial charge in [-0.05, 0) is 13.3 Å². The third-order valence-electron chi connectivity index (χ3n) is 7.16. The zero-order valence-electron chi connectivity index (χ0n) is 19.5. The van der Waals surface area contributed by atoms with E-state index in [0.717, 1.165) is 0 Å². The number of hydrogen-bond donors (Lipinski definition) is 3. The number of hydrogen-bond acceptors (Lipinski definition) is 9. The third-order valence-corrected chi connectivity index (χ3v) is 7.16. The first kappa shape index (κ1) is 24.3. The second kappa shape index (κ2) is 8.74. The maximum absolute atomic E-state index is 13.2. The van der Waals surface area contributed by atoms with Crippen LogP contribution in [0.4, 0.5) is 4.79 Å². The van der Waals surface area contributed by atoms with Crippen molar-refractivity contribution >= 4 is 29.5 Å². The Morgan fingerprint density at radius 3 is 2.60 bits per heavy atom. The van der Waals surface area contributed by atoms with Crippen LogP contribution in [0.15, 0.2) is 22.5 Å². The van der Waals surface area contributed by atoms with Crippen molar-refractivity contribution in [1.29, 1.82) is 0 Å². The third kappa shape index (κ3) is 3.54. The Morgan fingerprint density at radius 1 is 1.26 bits per heavy atom. The highest BCUT2D eigenvalue weighted by molar-refractivity contribution is 6.25. The summed E-state index contributed by atoms with van der Waals surface area (Å²) in [7, 11) is 1.42. The van der Waals surface area contributed by atoms with Gasteiger partial charge in [0.25, 0.3) is 0 Å². The summed E-state index contributed by atoms with van der Waals surface area (Å²) in [6, 6.07) is -0.765. The summed E-state index contributed by atoms with van der Waals surface area (Å²) in [4.78, 5) is 65.8. The molecule has 0 spiro atoms. The van der Waals surface area contributed by atoms with E-state index in [0.29, 0.717) is 6.42 Å². The SMILES string of the molecule is C#CCNC(=O)CCCC(=O)N1[C@H]2[C@@H]1CN1C3=C(C(=O)C(N)=C(C)C3=O)[C@H](COC(N)=O)[C@@]21OC. The van der Waals surface area contributed by atoms with Crippen LogP contribution in [0, 0.1) is 18.3 Å². The van der Waals surface area contributed by atoms with Crippen molar-refractivity contribution in [2.24, 2.45) is 17.4 Å². The van der Waals surface area contributed by atoms with E-state index in [1.165, 1.54) is 14.0 Å². The number of rotatable bonds is 8. The fourth-order valence-electron chi connectivity index (χ4n) is 5.58. The molecular formula is C23H27N5O7. The lowest BCUT2D eigenvalue weighted by atomic mass is 9.82. The number of carbonyl (C=O) groups excluding carboxylic acids is 5. The maximum atomic E-state index is 13.2. The van der Waals surface area contributed by atoms with Crippen molar-refractivity contribution in [3.8, 4) is 12.3 Å². The van der Waals surface area contributed by atoms with Gasteiger partial charge in [0.15, 0.2) is 5.72 Å². The summed E-state index contributed by atoms with van der Waals surface area (Å²) in [6.45, 7) is 1.53. The standard InChI is InChI=1S/C23H27N5O7/c1-4-8-26-14(29)6-5-7-15(30)28-13-9-27-18-16(20(32)17(24)11(2)19(18)31)12(10-35-22(25)33)23(27,34-3)21(13)28/h1,12-13,21H,5-10,24H2,2-3H3,(H2,25,33)(H,26,29)/t12-,13-,21-,23+,28?/m0/s1. The van der Waals surface area contributed by atoms with Gasteiger partial charge in [0.1, 0.15) is 12.6 Å². The smallest absolute Gasteiger partial charge is 0.404 e. The van der Waals surface area contributed by atoms with Gasteiger partial charge in [0, 0.05) is 37.6 Å². The second-order valence-corrected chi connectivity index (χ2v) is 8.86. The second-order valence-electron chi connectivity index (χ2n) is 8.86. The van der Waals surface area contributed by atoms with Gasteiger partial charge in [-0.25, -0.2) is 4.79 Å². The molecule has 2 saturated heterocycles. The van der Waals surface area contributed by atoms with Crippen molar-refractivity contribution in [3.05, 3.63) is 22.5 Å². The van der Waals surface area contributed by atoms with Crippen molar-refractivity contribution in [2.75, 3.05) is 26.8 Å². The molecule has 3 heterocycles. The molecule has 12 heteroatoms. The molecule has 4 rings (SSSR count). The number of amides is 3. The highest BCUT2D eigenvalue weighted by Crippen LogP contribution is 2.59. The monoisotopic (exact) mass is 485 g/mol. The molecule has 0 saturated carbocycles. The minimum absolute atomic E-state index is 0.101. The molecule has 1 aliphatic carbocycles. The average Bonchev–Trinajstić information content (AvgIpc) is 3.33. The highest BCUT2D eigenvalue weighted by atomic mass is 16.6. The molecule has 35 heavy (non-hydrogen) atoms. The predicted molar refractivity (Wildman–Crippen MR) is 120 cm³/mol. The molecule has 5 N–H and O–H groups in total. The summed E-state index contributed by atoms with van der Waals surface area (Å²) in [5, 5.41) is 2.55. The number of terminal acetylenes is 1. The first-order valence-electron chi connectivity index (χ1n) is 11.2. The normalized spacial score (nSPS) is 28.4. The van der Waals surface area contributed by atoms with Gasteiger partial charge in [-0.3, -0.25) is 19.2 Å². The average molecular weight is 485 g/mol.